The molecule has 3 amide bonds. The van der Waals surface area contributed by atoms with Gasteiger partial charge in [0.25, 0.3) is 11.8 Å². The third-order valence-electron chi connectivity index (χ3n) is 6.09. The molecule has 1 unspecified atom stereocenters. The van der Waals surface area contributed by atoms with E-state index in [1.54, 1.807) is 54.6 Å². The van der Waals surface area contributed by atoms with Crippen molar-refractivity contribution in [3.05, 3.63) is 126 Å². The third kappa shape index (κ3) is 8.84. The van der Waals surface area contributed by atoms with E-state index < -0.39 is 11.2 Å². The van der Waals surface area contributed by atoms with E-state index in [2.05, 4.69) is 16.0 Å². The summed E-state index contributed by atoms with van der Waals surface area (Å²) in [6.45, 7) is 6.27. The quantitative estimate of drug-likeness (QED) is 0.132. The highest BCUT2D eigenvalue weighted by Gasteiger charge is 2.17. The zero-order valence-electron chi connectivity index (χ0n) is 23.7. The van der Waals surface area contributed by atoms with Crippen molar-refractivity contribution in [1.29, 1.82) is 0 Å². The van der Waals surface area contributed by atoms with Gasteiger partial charge in [-0.15, -0.1) is 11.8 Å². The predicted molar refractivity (Wildman–Crippen MR) is 170 cm³/mol. The van der Waals surface area contributed by atoms with Crippen molar-refractivity contribution >= 4 is 46.9 Å². The molecule has 8 heteroatoms. The van der Waals surface area contributed by atoms with Crippen LogP contribution in [-0.4, -0.2) is 29.6 Å². The van der Waals surface area contributed by atoms with E-state index in [1.807, 2.05) is 75.4 Å². The van der Waals surface area contributed by atoms with Crippen molar-refractivity contribution in [3.8, 4) is 5.75 Å². The van der Waals surface area contributed by atoms with Crippen LogP contribution < -0.4 is 20.7 Å². The summed E-state index contributed by atoms with van der Waals surface area (Å²) in [5, 5.41) is 8.17. The van der Waals surface area contributed by atoms with E-state index in [0.717, 1.165) is 21.8 Å². The van der Waals surface area contributed by atoms with Crippen LogP contribution in [0.4, 0.5) is 11.4 Å². The van der Waals surface area contributed by atoms with Gasteiger partial charge in [0.05, 0.1) is 11.9 Å². The molecule has 1 atom stereocenters. The number of amides is 3. The number of aryl methyl sites for hydroxylation is 1. The maximum absolute atomic E-state index is 13.4. The second-order valence-corrected chi connectivity index (χ2v) is 10.9. The molecule has 0 aliphatic carbocycles. The molecular weight excluding hydrogens is 546 g/mol. The Balaban J connectivity index is 1.45. The molecule has 4 aromatic rings. The Kier molecular flexibility index (Phi) is 10.6. The molecule has 0 aliphatic heterocycles. The fourth-order valence-electron chi connectivity index (χ4n) is 4.02. The van der Waals surface area contributed by atoms with Gasteiger partial charge < -0.3 is 20.7 Å². The van der Waals surface area contributed by atoms with Crippen LogP contribution in [0.15, 0.2) is 114 Å². The van der Waals surface area contributed by atoms with Gasteiger partial charge in [0.15, 0.2) is 0 Å². The van der Waals surface area contributed by atoms with Crippen LogP contribution in [0, 0.1) is 6.92 Å². The van der Waals surface area contributed by atoms with E-state index in [4.69, 9.17) is 4.74 Å². The average molecular weight is 580 g/mol. The Labute approximate surface area is 250 Å². The fraction of sp³-hybridized carbons (Fsp3) is 0.147. The summed E-state index contributed by atoms with van der Waals surface area (Å²) in [6, 6.07) is 30.8. The van der Waals surface area contributed by atoms with Gasteiger partial charge in [-0.3, -0.25) is 14.4 Å². The zero-order valence-corrected chi connectivity index (χ0v) is 24.5. The molecule has 0 fully saturated rings. The van der Waals surface area contributed by atoms with Crippen molar-refractivity contribution in [2.24, 2.45) is 0 Å². The lowest BCUT2D eigenvalue weighted by molar-refractivity contribution is -0.115. The van der Waals surface area contributed by atoms with Gasteiger partial charge in [0.1, 0.15) is 11.4 Å². The molecule has 42 heavy (non-hydrogen) atoms. The molecule has 0 saturated heterocycles. The van der Waals surface area contributed by atoms with Crippen LogP contribution in [0.5, 0.6) is 5.75 Å². The van der Waals surface area contributed by atoms with Crippen molar-refractivity contribution in [2.75, 3.05) is 17.2 Å². The molecule has 0 radical (unpaired) electrons. The largest absolute Gasteiger partial charge is 0.494 e. The molecule has 0 aromatic heterocycles. The van der Waals surface area contributed by atoms with E-state index in [1.165, 1.54) is 11.8 Å². The average Bonchev–Trinajstić information content (AvgIpc) is 2.98. The van der Waals surface area contributed by atoms with Crippen molar-refractivity contribution in [3.63, 3.8) is 0 Å². The highest BCUT2D eigenvalue weighted by molar-refractivity contribution is 8.00. The smallest absolute Gasteiger partial charge is 0.272 e. The first-order valence-electron chi connectivity index (χ1n) is 13.6. The number of thioether (sulfide) groups is 1. The number of benzene rings is 4. The van der Waals surface area contributed by atoms with Crippen molar-refractivity contribution in [1.82, 2.24) is 5.32 Å². The standard InChI is InChI=1S/C34H33N3O4S/c1-4-41-29-18-16-27(17-19-29)35-32(38)24(3)42-30-15-9-14-28(22-30)36-34(40)31(21-25-11-8-10-23(2)20-25)37-33(39)26-12-6-5-7-13-26/h5-22,24H,4H2,1-3H3,(H,35,38)(H,36,40)(H,37,39)/b31-21+. The molecule has 0 spiro atoms. The summed E-state index contributed by atoms with van der Waals surface area (Å²) in [5.74, 6) is -0.260. The van der Waals surface area contributed by atoms with Gasteiger partial charge in [0, 0.05) is 21.8 Å². The monoisotopic (exact) mass is 579 g/mol. The summed E-state index contributed by atoms with van der Waals surface area (Å²) in [5.41, 5.74) is 3.58. The topological polar surface area (TPSA) is 96.5 Å². The predicted octanol–water partition coefficient (Wildman–Crippen LogP) is 6.92. The second kappa shape index (κ2) is 14.7. The lowest BCUT2D eigenvalue weighted by Gasteiger charge is -2.14. The minimum atomic E-state index is -0.468. The molecule has 0 heterocycles. The number of carbonyl (C=O) groups is 3. The van der Waals surface area contributed by atoms with Crippen molar-refractivity contribution in [2.45, 2.75) is 30.9 Å². The van der Waals surface area contributed by atoms with Crippen LogP contribution in [0.2, 0.25) is 0 Å². The van der Waals surface area contributed by atoms with E-state index >= 15 is 0 Å². The number of hydrogen-bond donors (Lipinski definition) is 3. The minimum absolute atomic E-state index is 0.107. The summed E-state index contributed by atoms with van der Waals surface area (Å²) < 4.78 is 5.45. The first kappa shape index (κ1) is 30.1. The van der Waals surface area contributed by atoms with E-state index in [0.29, 0.717) is 23.5 Å². The number of nitrogens with one attached hydrogen (secondary N) is 3. The van der Waals surface area contributed by atoms with Crippen LogP contribution in [0.3, 0.4) is 0 Å². The fourth-order valence-corrected chi connectivity index (χ4v) is 4.94. The molecule has 0 bridgehead atoms. The summed E-state index contributed by atoms with van der Waals surface area (Å²) in [6.07, 6.45) is 1.65. The van der Waals surface area contributed by atoms with E-state index in [-0.39, 0.29) is 17.5 Å². The Hall–Kier alpha value is -4.82. The molecule has 4 rings (SSSR count). The van der Waals surface area contributed by atoms with E-state index in [9.17, 15) is 14.4 Å². The minimum Gasteiger partial charge on any atom is -0.494 e. The Bertz CT molecular complexity index is 1570. The first-order valence-corrected chi connectivity index (χ1v) is 14.4. The zero-order chi connectivity index (χ0) is 29.9. The number of ether oxygens (including phenoxy) is 1. The maximum atomic E-state index is 13.4. The highest BCUT2D eigenvalue weighted by atomic mass is 32.2. The number of hydrogen-bond acceptors (Lipinski definition) is 5. The summed E-state index contributed by atoms with van der Waals surface area (Å²) in [4.78, 5) is 39.9. The number of carbonyl (C=O) groups excluding carboxylic acids is 3. The second-order valence-electron chi connectivity index (χ2n) is 9.48. The van der Waals surface area contributed by atoms with Crippen molar-refractivity contribution < 1.29 is 19.1 Å². The van der Waals surface area contributed by atoms with Gasteiger partial charge in [-0.2, -0.15) is 0 Å². The first-order chi connectivity index (χ1) is 20.3. The summed E-state index contributed by atoms with van der Waals surface area (Å²) >= 11 is 1.37. The Morgan fingerprint density at radius 3 is 2.29 bits per heavy atom. The molecule has 214 valence electrons. The van der Waals surface area contributed by atoms with Crippen LogP contribution in [-0.2, 0) is 9.59 Å². The highest BCUT2D eigenvalue weighted by Crippen LogP contribution is 2.27. The lowest BCUT2D eigenvalue weighted by atomic mass is 10.1. The SMILES string of the molecule is CCOc1ccc(NC(=O)C(C)Sc2cccc(NC(=O)/C(=C\c3cccc(C)c3)NC(=O)c3ccccc3)c2)cc1. The third-order valence-corrected chi connectivity index (χ3v) is 7.18. The molecule has 4 aromatic carbocycles. The molecule has 3 N–H and O–H groups in total. The van der Waals surface area contributed by atoms with Crippen LogP contribution in [0.1, 0.15) is 35.3 Å². The Morgan fingerprint density at radius 1 is 0.833 bits per heavy atom. The Morgan fingerprint density at radius 2 is 1.57 bits per heavy atom. The lowest BCUT2D eigenvalue weighted by Crippen LogP contribution is -2.30. The molecule has 0 saturated carbocycles. The molecule has 0 aliphatic rings. The van der Waals surface area contributed by atoms with Crippen LogP contribution >= 0.6 is 11.8 Å². The molecule has 7 nitrogen and oxygen atoms in total. The number of anilines is 2. The number of rotatable bonds is 11. The van der Waals surface area contributed by atoms with Gasteiger partial charge in [-0.25, -0.2) is 0 Å². The summed E-state index contributed by atoms with van der Waals surface area (Å²) in [7, 11) is 0. The normalized spacial score (nSPS) is 11.7. The molecular formula is C34H33N3O4S. The maximum Gasteiger partial charge on any atom is 0.272 e. The van der Waals surface area contributed by atoms with Gasteiger partial charge in [-0.05, 0) is 87.0 Å². The van der Waals surface area contributed by atoms with Gasteiger partial charge in [-0.1, -0.05) is 54.1 Å². The van der Waals surface area contributed by atoms with Gasteiger partial charge in [0.2, 0.25) is 5.91 Å². The van der Waals surface area contributed by atoms with Crippen LogP contribution in [0.25, 0.3) is 6.08 Å². The van der Waals surface area contributed by atoms with Gasteiger partial charge >= 0.3 is 0 Å².